The monoisotopic (exact) mass is 486 g/mol. The molecule has 0 saturated carbocycles. The average molecular weight is 487 g/mol. The highest BCUT2D eigenvalue weighted by atomic mass is 35.5. The summed E-state index contributed by atoms with van der Waals surface area (Å²) in [6, 6.07) is 14.9. The molecule has 1 amide bonds. The Kier molecular flexibility index (Phi) is 6.61. The van der Waals surface area contributed by atoms with Crippen molar-refractivity contribution >= 4 is 27.5 Å². The molecular weight excluding hydrogens is 460 g/mol. The molecule has 174 valence electrons. The first-order chi connectivity index (χ1) is 15.7. The van der Waals surface area contributed by atoms with E-state index in [4.69, 9.17) is 11.6 Å². The maximum absolute atomic E-state index is 13.2. The van der Waals surface area contributed by atoms with E-state index in [1.807, 2.05) is 50.2 Å². The number of halogens is 1. The second-order valence-corrected chi connectivity index (χ2v) is 10.6. The van der Waals surface area contributed by atoms with Gasteiger partial charge in [-0.15, -0.1) is 0 Å². The SMILES string of the molecule is Cc1ccc(S(=O)(=O)N2CCN(C(=O)c3c(C)nn(Cc4ccccc4)c3Cl)CC2)cc1C. The fraction of sp³-hybridized carbons (Fsp3) is 0.333. The van der Waals surface area contributed by atoms with E-state index in [1.165, 1.54) is 4.31 Å². The van der Waals surface area contributed by atoms with Gasteiger partial charge in [0.25, 0.3) is 5.91 Å². The summed E-state index contributed by atoms with van der Waals surface area (Å²) >= 11 is 6.55. The van der Waals surface area contributed by atoms with Gasteiger partial charge in [0.05, 0.1) is 22.7 Å². The summed E-state index contributed by atoms with van der Waals surface area (Å²) in [6.45, 7) is 7.13. The largest absolute Gasteiger partial charge is 0.336 e. The molecule has 1 aliphatic rings. The van der Waals surface area contributed by atoms with Crippen LogP contribution in [-0.4, -0.2) is 59.5 Å². The van der Waals surface area contributed by atoms with Gasteiger partial charge in [0, 0.05) is 26.2 Å². The minimum atomic E-state index is -3.61. The van der Waals surface area contributed by atoms with Gasteiger partial charge >= 0.3 is 0 Å². The highest BCUT2D eigenvalue weighted by molar-refractivity contribution is 7.89. The normalized spacial score (nSPS) is 15.1. The van der Waals surface area contributed by atoms with E-state index in [0.717, 1.165) is 16.7 Å². The van der Waals surface area contributed by atoms with Crippen molar-refractivity contribution in [2.75, 3.05) is 26.2 Å². The first kappa shape index (κ1) is 23.5. The standard InChI is InChI=1S/C24H27ClN4O3S/c1-17-9-10-21(15-18(17)2)33(31,32)28-13-11-27(12-14-28)24(30)22-19(3)26-29(23(22)25)16-20-7-5-4-6-8-20/h4-10,15H,11-14,16H2,1-3H3. The van der Waals surface area contributed by atoms with E-state index >= 15 is 0 Å². The zero-order chi connectivity index (χ0) is 23.8. The molecule has 1 aromatic heterocycles. The first-order valence-corrected chi connectivity index (χ1v) is 12.6. The number of benzene rings is 2. The van der Waals surface area contributed by atoms with Crippen LogP contribution in [0.15, 0.2) is 53.4 Å². The van der Waals surface area contributed by atoms with Crippen molar-refractivity contribution in [1.29, 1.82) is 0 Å². The van der Waals surface area contributed by atoms with Crippen LogP contribution in [0, 0.1) is 20.8 Å². The molecule has 3 aromatic rings. The van der Waals surface area contributed by atoms with Crippen LogP contribution in [0.25, 0.3) is 0 Å². The fourth-order valence-corrected chi connectivity index (χ4v) is 5.79. The van der Waals surface area contributed by atoms with Gasteiger partial charge in [-0.1, -0.05) is 48.0 Å². The molecule has 0 spiro atoms. The van der Waals surface area contributed by atoms with Gasteiger partial charge in [0.2, 0.25) is 10.0 Å². The summed E-state index contributed by atoms with van der Waals surface area (Å²) in [5, 5.41) is 4.76. The second-order valence-electron chi connectivity index (χ2n) is 8.34. The maximum atomic E-state index is 13.2. The number of rotatable bonds is 5. The van der Waals surface area contributed by atoms with Gasteiger partial charge in [0.15, 0.2) is 0 Å². The van der Waals surface area contributed by atoms with Gasteiger partial charge < -0.3 is 4.90 Å². The van der Waals surface area contributed by atoms with Gasteiger partial charge in [-0.05, 0) is 49.6 Å². The number of piperazine rings is 1. The number of hydrogen-bond acceptors (Lipinski definition) is 4. The molecule has 9 heteroatoms. The van der Waals surface area contributed by atoms with Gasteiger partial charge in [-0.25, -0.2) is 13.1 Å². The number of carbonyl (C=O) groups is 1. The summed E-state index contributed by atoms with van der Waals surface area (Å²) < 4.78 is 29.2. The van der Waals surface area contributed by atoms with Crippen LogP contribution in [0.4, 0.5) is 0 Å². The van der Waals surface area contributed by atoms with E-state index in [1.54, 1.807) is 28.6 Å². The Labute approximate surface area is 199 Å². The molecule has 33 heavy (non-hydrogen) atoms. The third kappa shape index (κ3) is 4.69. The van der Waals surface area contributed by atoms with Crippen LogP contribution in [-0.2, 0) is 16.6 Å². The minimum Gasteiger partial charge on any atom is -0.336 e. The van der Waals surface area contributed by atoms with Crippen molar-refractivity contribution < 1.29 is 13.2 Å². The number of amides is 1. The number of aryl methyl sites for hydroxylation is 3. The molecule has 1 fully saturated rings. The second kappa shape index (κ2) is 9.29. The predicted molar refractivity (Wildman–Crippen MR) is 128 cm³/mol. The highest BCUT2D eigenvalue weighted by Gasteiger charge is 2.32. The quantitative estimate of drug-likeness (QED) is 0.551. The van der Waals surface area contributed by atoms with Crippen LogP contribution in [0.2, 0.25) is 5.15 Å². The Morgan fingerprint density at radius 3 is 2.27 bits per heavy atom. The number of aromatic nitrogens is 2. The average Bonchev–Trinajstić information content (AvgIpc) is 3.08. The molecule has 0 atom stereocenters. The lowest BCUT2D eigenvalue weighted by Gasteiger charge is -2.34. The lowest BCUT2D eigenvalue weighted by Crippen LogP contribution is -2.50. The molecule has 1 aliphatic heterocycles. The van der Waals surface area contributed by atoms with E-state index < -0.39 is 10.0 Å². The third-order valence-corrected chi connectivity index (χ3v) is 8.38. The number of sulfonamides is 1. The van der Waals surface area contributed by atoms with Gasteiger partial charge in [0.1, 0.15) is 5.15 Å². The third-order valence-electron chi connectivity index (χ3n) is 6.10. The van der Waals surface area contributed by atoms with Gasteiger partial charge in [-0.2, -0.15) is 9.40 Å². The molecule has 2 aromatic carbocycles. The number of hydrogen-bond donors (Lipinski definition) is 0. The van der Waals surface area contributed by atoms with E-state index in [9.17, 15) is 13.2 Å². The minimum absolute atomic E-state index is 0.222. The van der Waals surface area contributed by atoms with Crippen molar-refractivity contribution in [2.24, 2.45) is 0 Å². The summed E-state index contributed by atoms with van der Waals surface area (Å²) in [6.07, 6.45) is 0. The summed E-state index contributed by atoms with van der Waals surface area (Å²) in [5.74, 6) is -0.222. The number of carbonyl (C=O) groups excluding carboxylic acids is 1. The van der Waals surface area contributed by atoms with Crippen molar-refractivity contribution in [1.82, 2.24) is 19.0 Å². The first-order valence-electron chi connectivity index (χ1n) is 10.8. The molecular formula is C24H27ClN4O3S. The summed E-state index contributed by atoms with van der Waals surface area (Å²) in [7, 11) is -3.61. The Morgan fingerprint density at radius 2 is 1.64 bits per heavy atom. The van der Waals surface area contributed by atoms with Crippen molar-refractivity contribution in [2.45, 2.75) is 32.2 Å². The lowest BCUT2D eigenvalue weighted by molar-refractivity contribution is 0.0697. The van der Waals surface area contributed by atoms with Crippen LogP contribution in [0.1, 0.15) is 32.7 Å². The van der Waals surface area contributed by atoms with Crippen molar-refractivity contribution in [3.8, 4) is 0 Å². The van der Waals surface area contributed by atoms with E-state index in [2.05, 4.69) is 5.10 Å². The zero-order valence-electron chi connectivity index (χ0n) is 19.0. The van der Waals surface area contributed by atoms with Gasteiger partial charge in [-0.3, -0.25) is 4.79 Å². The highest BCUT2D eigenvalue weighted by Crippen LogP contribution is 2.25. The Balaban J connectivity index is 1.47. The van der Waals surface area contributed by atoms with E-state index in [0.29, 0.717) is 36.0 Å². The Morgan fingerprint density at radius 1 is 0.970 bits per heavy atom. The maximum Gasteiger partial charge on any atom is 0.258 e. The van der Waals surface area contributed by atoms with Crippen LogP contribution < -0.4 is 0 Å². The smallest absolute Gasteiger partial charge is 0.258 e. The lowest BCUT2D eigenvalue weighted by atomic mass is 10.1. The molecule has 4 rings (SSSR count). The molecule has 1 saturated heterocycles. The summed E-state index contributed by atoms with van der Waals surface area (Å²) in [5.41, 5.74) is 3.95. The Bertz CT molecular complexity index is 1280. The topological polar surface area (TPSA) is 75.5 Å². The van der Waals surface area contributed by atoms with Crippen LogP contribution in [0.5, 0.6) is 0 Å². The molecule has 2 heterocycles. The van der Waals surface area contributed by atoms with E-state index in [-0.39, 0.29) is 23.9 Å². The fourth-order valence-electron chi connectivity index (χ4n) is 3.97. The molecule has 0 radical (unpaired) electrons. The predicted octanol–water partition coefficient (Wildman–Crippen LogP) is 3.66. The van der Waals surface area contributed by atoms with Crippen LogP contribution >= 0.6 is 11.6 Å². The van der Waals surface area contributed by atoms with Crippen LogP contribution in [0.3, 0.4) is 0 Å². The molecule has 0 unspecified atom stereocenters. The zero-order valence-corrected chi connectivity index (χ0v) is 20.5. The van der Waals surface area contributed by atoms with Crippen molar-refractivity contribution in [3.05, 3.63) is 81.6 Å². The Hall–Kier alpha value is -2.68. The van der Waals surface area contributed by atoms with Crippen molar-refractivity contribution in [3.63, 3.8) is 0 Å². The molecule has 0 aliphatic carbocycles. The summed E-state index contributed by atoms with van der Waals surface area (Å²) in [4.78, 5) is 15.2. The molecule has 0 bridgehead atoms. The molecule has 0 N–H and O–H groups in total. The number of nitrogens with zero attached hydrogens (tertiary/aromatic N) is 4. The molecule has 7 nitrogen and oxygen atoms in total.